The van der Waals surface area contributed by atoms with Gasteiger partial charge in [0.15, 0.2) is 5.78 Å². The predicted molar refractivity (Wildman–Crippen MR) is 134 cm³/mol. The second kappa shape index (κ2) is 10.4. The first kappa shape index (κ1) is 22.7. The minimum Gasteiger partial charge on any atom is -0.322 e. The average molecular weight is 449 g/mol. The summed E-state index contributed by atoms with van der Waals surface area (Å²) in [5.41, 5.74) is 3.06. The van der Waals surface area contributed by atoms with E-state index >= 15 is 0 Å². The zero-order chi connectivity index (χ0) is 22.5. The third-order valence-corrected chi connectivity index (χ3v) is 7.50. The van der Waals surface area contributed by atoms with Gasteiger partial charge in [-0.3, -0.25) is 9.59 Å². The quantitative estimate of drug-likeness (QED) is 0.307. The molecule has 2 heterocycles. The molecule has 4 nitrogen and oxygen atoms in total. The molecule has 3 aromatic rings. The topological polar surface area (TPSA) is 49.4 Å². The highest BCUT2D eigenvalue weighted by molar-refractivity contribution is 7.17. The highest BCUT2D eigenvalue weighted by atomic mass is 32.1. The van der Waals surface area contributed by atoms with Gasteiger partial charge in [0, 0.05) is 16.0 Å². The van der Waals surface area contributed by atoms with Crippen molar-refractivity contribution < 1.29 is 9.59 Å². The van der Waals surface area contributed by atoms with Crippen LogP contribution in [0.15, 0.2) is 47.8 Å². The van der Waals surface area contributed by atoms with Gasteiger partial charge in [0.25, 0.3) is 5.91 Å². The molecule has 0 radical (unpaired) electrons. The van der Waals surface area contributed by atoms with Gasteiger partial charge in [-0.05, 0) is 92.3 Å². The Morgan fingerprint density at radius 2 is 1.81 bits per heavy atom. The molecule has 0 bridgehead atoms. The second-order valence-corrected chi connectivity index (χ2v) is 9.69. The lowest BCUT2D eigenvalue weighted by Gasteiger charge is -2.32. The van der Waals surface area contributed by atoms with Gasteiger partial charge in [-0.15, -0.1) is 11.3 Å². The number of hydrogen-bond donors (Lipinski definition) is 1. The molecule has 32 heavy (non-hydrogen) atoms. The fourth-order valence-corrected chi connectivity index (χ4v) is 5.71. The summed E-state index contributed by atoms with van der Waals surface area (Å²) in [5, 5.41) is 6.56. The molecule has 0 atom stereocenters. The number of rotatable bonds is 8. The fraction of sp³-hybridized carbons (Fsp3) is 0.407. The number of likely N-dealkylation sites (tertiary alicyclic amines) is 1. The number of Topliss-reactive ketones (excluding diaryl/α,β-unsaturated/α-hetero) is 1. The number of unbranched alkanes of at least 4 members (excludes halogenated alkanes) is 2. The molecule has 1 fully saturated rings. The SMILES string of the molecule is CCCCCN1CCC(c2csc3ccc(NC(=O)c4ccccc4C(C)=O)cc23)CC1. The van der Waals surface area contributed by atoms with Crippen molar-refractivity contribution in [3.05, 3.63) is 64.5 Å². The summed E-state index contributed by atoms with van der Waals surface area (Å²) >= 11 is 1.78. The van der Waals surface area contributed by atoms with Crippen LogP contribution in [0, 0.1) is 0 Å². The minimum absolute atomic E-state index is 0.104. The average Bonchev–Trinajstić information content (AvgIpc) is 3.23. The molecule has 1 aliphatic heterocycles. The lowest BCUT2D eigenvalue weighted by atomic mass is 9.89. The largest absolute Gasteiger partial charge is 0.322 e. The van der Waals surface area contributed by atoms with Crippen molar-refractivity contribution in [1.29, 1.82) is 0 Å². The monoisotopic (exact) mass is 448 g/mol. The van der Waals surface area contributed by atoms with Crippen molar-refractivity contribution in [2.24, 2.45) is 0 Å². The van der Waals surface area contributed by atoms with Gasteiger partial charge >= 0.3 is 0 Å². The standard InChI is InChI=1S/C27H32N2O2S/c1-3-4-7-14-29-15-12-20(13-16-29)25-18-32-26-11-10-21(17-24(25)26)28-27(31)23-9-6-5-8-22(23)19(2)30/h5-6,8-11,17-18,20H,3-4,7,12-16H2,1-2H3,(H,28,31). The molecular weight excluding hydrogens is 416 g/mol. The smallest absolute Gasteiger partial charge is 0.256 e. The summed E-state index contributed by atoms with van der Waals surface area (Å²) in [5.74, 6) is 0.232. The zero-order valence-electron chi connectivity index (χ0n) is 19.0. The van der Waals surface area contributed by atoms with Crippen molar-refractivity contribution in [2.75, 3.05) is 25.0 Å². The maximum atomic E-state index is 12.9. The van der Waals surface area contributed by atoms with E-state index in [2.05, 4.69) is 34.7 Å². The molecule has 0 aliphatic carbocycles. The summed E-state index contributed by atoms with van der Waals surface area (Å²) in [6.45, 7) is 7.31. The number of hydrogen-bond acceptors (Lipinski definition) is 4. The van der Waals surface area contributed by atoms with E-state index < -0.39 is 0 Å². The summed E-state index contributed by atoms with van der Waals surface area (Å²) in [7, 11) is 0. The molecule has 5 heteroatoms. The number of carbonyl (C=O) groups is 2. The van der Waals surface area contributed by atoms with E-state index in [-0.39, 0.29) is 11.7 Å². The molecule has 0 spiro atoms. The van der Waals surface area contributed by atoms with Crippen LogP contribution in [0.2, 0.25) is 0 Å². The van der Waals surface area contributed by atoms with Crippen molar-refractivity contribution in [3.63, 3.8) is 0 Å². The summed E-state index contributed by atoms with van der Waals surface area (Å²) in [6.07, 6.45) is 6.29. The molecule has 1 aromatic heterocycles. The Hall–Kier alpha value is -2.50. The number of benzene rings is 2. The van der Waals surface area contributed by atoms with Crippen LogP contribution in [0.5, 0.6) is 0 Å². The van der Waals surface area contributed by atoms with Gasteiger partial charge in [0.2, 0.25) is 0 Å². The highest BCUT2D eigenvalue weighted by Crippen LogP contribution is 2.38. The minimum atomic E-state index is -0.243. The molecule has 2 aromatic carbocycles. The number of ketones is 1. The lowest BCUT2D eigenvalue weighted by molar-refractivity contribution is 0.0985. The molecule has 0 unspecified atom stereocenters. The van der Waals surface area contributed by atoms with Crippen molar-refractivity contribution in [1.82, 2.24) is 4.90 Å². The number of fused-ring (bicyclic) bond motifs is 1. The number of piperidine rings is 1. The molecule has 168 valence electrons. The fourth-order valence-electron chi connectivity index (χ4n) is 4.68. The van der Waals surface area contributed by atoms with Crippen LogP contribution in [0.1, 0.15) is 78.1 Å². The van der Waals surface area contributed by atoms with Gasteiger partial charge < -0.3 is 10.2 Å². The third kappa shape index (κ3) is 5.11. The Kier molecular flexibility index (Phi) is 7.38. The van der Waals surface area contributed by atoms with Crippen molar-refractivity contribution in [3.8, 4) is 0 Å². The number of thiophene rings is 1. The van der Waals surface area contributed by atoms with E-state index in [1.165, 1.54) is 74.3 Å². The second-order valence-electron chi connectivity index (χ2n) is 8.78. The van der Waals surface area contributed by atoms with E-state index in [0.717, 1.165) is 5.69 Å². The van der Waals surface area contributed by atoms with E-state index in [9.17, 15) is 9.59 Å². The van der Waals surface area contributed by atoms with Crippen LogP contribution in [0.4, 0.5) is 5.69 Å². The normalized spacial score (nSPS) is 15.2. The number of nitrogens with zero attached hydrogens (tertiary/aromatic N) is 1. The molecule has 1 amide bonds. The van der Waals surface area contributed by atoms with Crippen LogP contribution >= 0.6 is 11.3 Å². The Morgan fingerprint density at radius 3 is 2.53 bits per heavy atom. The zero-order valence-corrected chi connectivity index (χ0v) is 19.8. The first-order valence-corrected chi connectivity index (χ1v) is 12.6. The van der Waals surface area contributed by atoms with Gasteiger partial charge in [0.05, 0.1) is 5.56 Å². The molecular formula is C27H32N2O2S. The first-order valence-electron chi connectivity index (χ1n) is 11.7. The Balaban J connectivity index is 1.48. The molecule has 1 aliphatic rings. The summed E-state index contributed by atoms with van der Waals surface area (Å²) in [4.78, 5) is 27.4. The van der Waals surface area contributed by atoms with E-state index in [1.807, 2.05) is 6.07 Å². The van der Waals surface area contributed by atoms with Gasteiger partial charge in [-0.1, -0.05) is 38.0 Å². The third-order valence-electron chi connectivity index (χ3n) is 6.52. The highest BCUT2D eigenvalue weighted by Gasteiger charge is 2.23. The van der Waals surface area contributed by atoms with Crippen LogP contribution in [0.25, 0.3) is 10.1 Å². The number of nitrogens with one attached hydrogen (secondary N) is 1. The van der Waals surface area contributed by atoms with Crippen LogP contribution in [-0.4, -0.2) is 36.2 Å². The van der Waals surface area contributed by atoms with E-state index in [1.54, 1.807) is 35.6 Å². The van der Waals surface area contributed by atoms with Gasteiger partial charge in [-0.2, -0.15) is 0 Å². The molecule has 1 N–H and O–H groups in total. The first-order chi connectivity index (χ1) is 15.6. The summed E-state index contributed by atoms with van der Waals surface area (Å²) in [6, 6.07) is 13.1. The van der Waals surface area contributed by atoms with Gasteiger partial charge in [-0.25, -0.2) is 0 Å². The number of carbonyl (C=O) groups excluding carboxylic acids is 2. The predicted octanol–water partition coefficient (Wildman–Crippen LogP) is 6.73. The Morgan fingerprint density at radius 1 is 1.06 bits per heavy atom. The van der Waals surface area contributed by atoms with Crippen molar-refractivity contribution >= 4 is 38.8 Å². The molecule has 1 saturated heterocycles. The number of anilines is 1. The lowest BCUT2D eigenvalue weighted by Crippen LogP contribution is -2.33. The van der Waals surface area contributed by atoms with Crippen LogP contribution in [-0.2, 0) is 0 Å². The summed E-state index contributed by atoms with van der Waals surface area (Å²) < 4.78 is 1.26. The van der Waals surface area contributed by atoms with E-state index in [4.69, 9.17) is 0 Å². The Bertz CT molecular complexity index is 1100. The maximum absolute atomic E-state index is 12.9. The maximum Gasteiger partial charge on any atom is 0.256 e. The Labute approximate surface area is 194 Å². The molecule has 4 rings (SSSR count). The van der Waals surface area contributed by atoms with Crippen molar-refractivity contribution in [2.45, 2.75) is 51.9 Å². The molecule has 0 saturated carbocycles. The van der Waals surface area contributed by atoms with Crippen LogP contribution < -0.4 is 5.32 Å². The van der Waals surface area contributed by atoms with E-state index in [0.29, 0.717) is 17.0 Å². The number of amides is 1. The van der Waals surface area contributed by atoms with Gasteiger partial charge in [0.1, 0.15) is 0 Å². The van der Waals surface area contributed by atoms with Crippen LogP contribution in [0.3, 0.4) is 0 Å².